The van der Waals surface area contributed by atoms with E-state index >= 15 is 0 Å². The van der Waals surface area contributed by atoms with Gasteiger partial charge in [0.1, 0.15) is 12.4 Å². The minimum absolute atomic E-state index is 0.0799. The summed E-state index contributed by atoms with van der Waals surface area (Å²) in [6.45, 7) is 10.3. The van der Waals surface area contributed by atoms with Gasteiger partial charge in [-0.1, -0.05) is 62.3 Å². The molecule has 9 heteroatoms. The van der Waals surface area contributed by atoms with Crippen molar-refractivity contribution in [3.63, 3.8) is 0 Å². The minimum atomic E-state index is -0.446. The number of thioether (sulfide) groups is 1. The summed E-state index contributed by atoms with van der Waals surface area (Å²) < 4.78 is 7.16. The van der Waals surface area contributed by atoms with Gasteiger partial charge in [-0.15, -0.1) is 10.2 Å². The Morgan fingerprint density at radius 3 is 2.56 bits per heavy atom. The molecule has 1 amide bonds. The van der Waals surface area contributed by atoms with Gasteiger partial charge in [0.2, 0.25) is 11.1 Å². The second kappa shape index (κ2) is 9.83. The molecule has 170 valence electrons. The van der Waals surface area contributed by atoms with E-state index in [-0.39, 0.29) is 17.9 Å². The van der Waals surface area contributed by atoms with E-state index in [4.69, 9.17) is 22.2 Å². The van der Waals surface area contributed by atoms with E-state index in [1.807, 2.05) is 37.3 Å². The van der Waals surface area contributed by atoms with Crippen molar-refractivity contribution in [2.45, 2.75) is 57.0 Å². The van der Waals surface area contributed by atoms with E-state index in [0.717, 1.165) is 11.3 Å². The van der Waals surface area contributed by atoms with E-state index in [2.05, 4.69) is 36.3 Å². The molecule has 0 aliphatic rings. The number of nitrogens with one attached hydrogen (secondary N) is 1. The lowest BCUT2D eigenvalue weighted by molar-refractivity contribution is -0.115. The Bertz CT molecular complexity index is 1090. The van der Waals surface area contributed by atoms with E-state index < -0.39 is 5.25 Å². The number of halogens is 1. The maximum absolute atomic E-state index is 12.6. The van der Waals surface area contributed by atoms with Crippen LogP contribution < -0.4 is 15.9 Å². The number of anilines is 1. The van der Waals surface area contributed by atoms with Crippen molar-refractivity contribution in [2.75, 3.05) is 11.2 Å². The van der Waals surface area contributed by atoms with Crippen LogP contribution in [0.5, 0.6) is 5.75 Å². The third-order valence-electron chi connectivity index (χ3n) is 5.00. The maximum atomic E-state index is 12.6. The van der Waals surface area contributed by atoms with Crippen LogP contribution in [-0.2, 0) is 16.8 Å². The third kappa shape index (κ3) is 5.75. The van der Waals surface area contributed by atoms with Gasteiger partial charge in [0.25, 0.3) is 0 Å². The molecule has 3 rings (SSSR count). The van der Waals surface area contributed by atoms with Crippen LogP contribution in [0.3, 0.4) is 0 Å². The Morgan fingerprint density at radius 2 is 1.91 bits per heavy atom. The van der Waals surface area contributed by atoms with Crippen LogP contribution in [0, 0.1) is 6.92 Å². The molecule has 3 N–H and O–H groups in total. The van der Waals surface area contributed by atoms with E-state index in [0.29, 0.717) is 21.7 Å². The van der Waals surface area contributed by atoms with Crippen LogP contribution in [-0.4, -0.2) is 26.0 Å². The molecule has 0 aliphatic heterocycles. The minimum Gasteiger partial charge on any atom is -0.486 e. The van der Waals surface area contributed by atoms with Crippen molar-refractivity contribution in [3.8, 4) is 5.75 Å². The van der Waals surface area contributed by atoms with Gasteiger partial charge in [0.15, 0.2) is 5.82 Å². The molecule has 0 fully saturated rings. The summed E-state index contributed by atoms with van der Waals surface area (Å²) in [5, 5.41) is 11.7. The average molecular weight is 474 g/mol. The molecule has 0 bridgehead atoms. The fraction of sp³-hybridized carbons (Fsp3) is 0.348. The molecule has 0 spiro atoms. The normalized spacial score (nSPS) is 12.4. The number of nitrogen functional groups attached to an aromatic ring is 1. The Morgan fingerprint density at radius 1 is 1.22 bits per heavy atom. The number of ether oxygens (including phenoxy) is 1. The smallest absolute Gasteiger partial charge is 0.237 e. The van der Waals surface area contributed by atoms with E-state index in [9.17, 15) is 4.79 Å². The highest BCUT2D eigenvalue weighted by Gasteiger charge is 2.20. The van der Waals surface area contributed by atoms with Crippen LogP contribution in [0.15, 0.2) is 47.6 Å². The number of amides is 1. The summed E-state index contributed by atoms with van der Waals surface area (Å²) in [7, 11) is 0. The van der Waals surface area contributed by atoms with Gasteiger partial charge in [-0.25, -0.2) is 4.68 Å². The number of hydrogen-bond acceptors (Lipinski definition) is 6. The lowest BCUT2D eigenvalue weighted by Gasteiger charge is -2.19. The van der Waals surface area contributed by atoms with Gasteiger partial charge in [0.05, 0.1) is 5.25 Å². The Balaban J connectivity index is 1.59. The molecule has 1 unspecified atom stereocenters. The predicted molar refractivity (Wildman–Crippen MR) is 130 cm³/mol. The number of benzene rings is 2. The van der Waals surface area contributed by atoms with Gasteiger partial charge in [-0.05, 0) is 54.7 Å². The molecule has 3 aromatic rings. The largest absolute Gasteiger partial charge is 0.486 e. The lowest BCUT2D eigenvalue weighted by atomic mass is 9.87. The van der Waals surface area contributed by atoms with Crippen molar-refractivity contribution < 1.29 is 9.53 Å². The summed E-state index contributed by atoms with van der Waals surface area (Å²) in [5.74, 6) is 7.14. The van der Waals surface area contributed by atoms with Crippen molar-refractivity contribution in [1.82, 2.24) is 14.9 Å². The lowest BCUT2D eigenvalue weighted by Crippen LogP contribution is -2.24. The fourth-order valence-corrected chi connectivity index (χ4v) is 3.84. The number of aromatic nitrogens is 3. The predicted octanol–water partition coefficient (Wildman–Crippen LogP) is 4.95. The summed E-state index contributed by atoms with van der Waals surface area (Å²) in [6, 6.07) is 13.3. The summed E-state index contributed by atoms with van der Waals surface area (Å²) >= 11 is 7.34. The van der Waals surface area contributed by atoms with Crippen LogP contribution in [0.1, 0.15) is 44.6 Å². The SMILES string of the molecule is Cc1c(Cl)cccc1NC(=O)C(C)Sc1nnc(COc2ccc(C(C)(C)C)cc2)n1N. The molecule has 0 radical (unpaired) electrons. The molecule has 7 nitrogen and oxygen atoms in total. The van der Waals surface area contributed by atoms with Gasteiger partial charge >= 0.3 is 0 Å². The van der Waals surface area contributed by atoms with Crippen molar-refractivity contribution in [3.05, 3.63) is 64.4 Å². The first-order valence-electron chi connectivity index (χ1n) is 10.2. The zero-order valence-corrected chi connectivity index (χ0v) is 20.4. The molecular formula is C23H28ClN5O2S. The van der Waals surface area contributed by atoms with E-state index in [1.54, 1.807) is 19.1 Å². The first kappa shape index (κ1) is 23.9. The van der Waals surface area contributed by atoms with Crippen LogP contribution >= 0.6 is 23.4 Å². The number of nitrogens with two attached hydrogens (primary N) is 1. The first-order valence-corrected chi connectivity index (χ1v) is 11.5. The van der Waals surface area contributed by atoms with Gasteiger partial charge in [0, 0.05) is 10.7 Å². The molecule has 32 heavy (non-hydrogen) atoms. The molecular weight excluding hydrogens is 446 g/mol. The molecule has 2 aromatic carbocycles. The Hall–Kier alpha value is -2.71. The molecule has 0 saturated heterocycles. The fourth-order valence-electron chi connectivity index (χ4n) is 2.87. The monoisotopic (exact) mass is 473 g/mol. The topological polar surface area (TPSA) is 95.1 Å². The Kier molecular flexibility index (Phi) is 7.36. The molecule has 1 atom stereocenters. The maximum Gasteiger partial charge on any atom is 0.237 e. The molecule has 1 aromatic heterocycles. The van der Waals surface area contributed by atoms with Crippen LogP contribution in [0.4, 0.5) is 5.69 Å². The zero-order valence-electron chi connectivity index (χ0n) is 18.8. The van der Waals surface area contributed by atoms with Gasteiger partial charge in [-0.3, -0.25) is 4.79 Å². The standard InChI is InChI=1S/C23H28ClN5O2S/c1-14-18(24)7-6-8-19(14)26-21(30)15(2)32-22-28-27-20(29(22)25)13-31-17-11-9-16(10-12-17)23(3,4)5/h6-12,15H,13,25H2,1-5H3,(H,26,30). The van der Waals surface area contributed by atoms with Crippen LogP contribution in [0.25, 0.3) is 0 Å². The molecule has 1 heterocycles. The van der Waals surface area contributed by atoms with Gasteiger partial charge < -0.3 is 15.9 Å². The summed E-state index contributed by atoms with van der Waals surface area (Å²) in [6.07, 6.45) is 0. The highest BCUT2D eigenvalue weighted by Crippen LogP contribution is 2.27. The molecule has 0 aliphatic carbocycles. The highest BCUT2D eigenvalue weighted by atomic mass is 35.5. The van der Waals surface area contributed by atoms with Gasteiger partial charge in [-0.2, -0.15) is 0 Å². The second-order valence-corrected chi connectivity index (χ2v) is 10.2. The highest BCUT2D eigenvalue weighted by molar-refractivity contribution is 8.00. The van der Waals surface area contributed by atoms with Crippen molar-refractivity contribution in [2.24, 2.45) is 0 Å². The van der Waals surface area contributed by atoms with Crippen molar-refractivity contribution >= 4 is 35.0 Å². The Labute approximate surface area is 197 Å². The number of carbonyl (C=O) groups is 1. The van der Waals surface area contributed by atoms with Crippen molar-refractivity contribution in [1.29, 1.82) is 0 Å². The number of carbonyl (C=O) groups excluding carboxylic acids is 1. The number of rotatable bonds is 7. The third-order valence-corrected chi connectivity index (χ3v) is 6.47. The average Bonchev–Trinajstić information content (AvgIpc) is 3.08. The summed E-state index contributed by atoms with van der Waals surface area (Å²) in [4.78, 5) is 12.6. The number of nitrogens with zero attached hydrogens (tertiary/aromatic N) is 3. The zero-order chi connectivity index (χ0) is 23.5. The molecule has 0 saturated carbocycles. The summed E-state index contributed by atoms with van der Waals surface area (Å²) in [5.41, 5.74) is 2.80. The number of hydrogen-bond donors (Lipinski definition) is 2. The van der Waals surface area contributed by atoms with Crippen LogP contribution in [0.2, 0.25) is 5.02 Å². The quantitative estimate of drug-likeness (QED) is 0.372. The van der Waals surface area contributed by atoms with E-state index in [1.165, 1.54) is 22.0 Å². The first-order chi connectivity index (χ1) is 15.1. The second-order valence-electron chi connectivity index (χ2n) is 8.49.